The largest absolute Gasteiger partial charge is 0.348 e. The first-order valence-corrected chi connectivity index (χ1v) is 8.07. The van der Waals surface area contributed by atoms with E-state index in [0.29, 0.717) is 23.7 Å². The second-order valence-corrected chi connectivity index (χ2v) is 7.26. The molecule has 0 bridgehead atoms. The number of fused-ring (bicyclic) bond motifs is 1. The summed E-state index contributed by atoms with van der Waals surface area (Å²) in [7, 11) is 0. The Hall–Kier alpha value is -1.79. The monoisotopic (exact) mass is 323 g/mol. The molecule has 3 heterocycles. The van der Waals surface area contributed by atoms with Crippen LogP contribution in [-0.4, -0.2) is 38.5 Å². The highest BCUT2D eigenvalue weighted by atomic mass is 19.3. The van der Waals surface area contributed by atoms with Gasteiger partial charge in [0.1, 0.15) is 5.82 Å². The maximum atomic E-state index is 13.6. The topological polar surface area (TPSA) is 46.8 Å². The van der Waals surface area contributed by atoms with Crippen molar-refractivity contribution in [1.82, 2.24) is 19.5 Å². The number of aromatic nitrogens is 4. The van der Waals surface area contributed by atoms with Gasteiger partial charge in [0.25, 0.3) is 5.92 Å². The van der Waals surface area contributed by atoms with E-state index < -0.39 is 5.92 Å². The average molecular weight is 323 g/mol. The van der Waals surface area contributed by atoms with Crippen molar-refractivity contribution in [1.29, 1.82) is 0 Å². The van der Waals surface area contributed by atoms with Gasteiger partial charge in [0.05, 0.1) is 12.9 Å². The van der Waals surface area contributed by atoms with Crippen LogP contribution in [0.4, 0.5) is 14.6 Å². The Balaban J connectivity index is 2.15. The third-order valence-electron chi connectivity index (χ3n) is 4.05. The van der Waals surface area contributed by atoms with Crippen LogP contribution in [0.3, 0.4) is 0 Å². The molecule has 0 spiro atoms. The van der Waals surface area contributed by atoms with Crippen LogP contribution < -0.4 is 4.90 Å². The molecule has 0 aliphatic carbocycles. The number of aryl methyl sites for hydroxylation is 1. The molecule has 1 aliphatic rings. The lowest BCUT2D eigenvalue weighted by Gasteiger charge is -2.22. The van der Waals surface area contributed by atoms with Crippen molar-refractivity contribution in [2.45, 2.75) is 58.4 Å². The zero-order chi connectivity index (χ0) is 16.8. The summed E-state index contributed by atoms with van der Waals surface area (Å²) in [5.74, 6) is -1.47. The molecule has 7 heteroatoms. The fourth-order valence-electron chi connectivity index (χ4n) is 2.81. The third kappa shape index (κ3) is 3.01. The molecule has 5 nitrogen and oxygen atoms in total. The van der Waals surface area contributed by atoms with Crippen molar-refractivity contribution in [3.05, 3.63) is 12.2 Å². The minimum absolute atomic E-state index is 0.140. The molecule has 2 aromatic rings. The molecule has 23 heavy (non-hydrogen) atoms. The summed E-state index contributed by atoms with van der Waals surface area (Å²) in [5, 5.41) is 0. The minimum atomic E-state index is -2.66. The van der Waals surface area contributed by atoms with Gasteiger partial charge in [0.2, 0.25) is 0 Å². The highest BCUT2D eigenvalue weighted by molar-refractivity contribution is 5.84. The van der Waals surface area contributed by atoms with Gasteiger partial charge in [-0.2, -0.15) is 0 Å². The molecular weight excluding hydrogens is 300 g/mol. The van der Waals surface area contributed by atoms with E-state index in [1.54, 1.807) is 11.2 Å². The van der Waals surface area contributed by atoms with E-state index in [9.17, 15) is 8.78 Å². The average Bonchev–Trinajstić information content (AvgIpc) is 3.01. The van der Waals surface area contributed by atoms with Gasteiger partial charge in [-0.15, -0.1) is 0 Å². The lowest BCUT2D eigenvalue weighted by atomic mass is 9.96. The van der Waals surface area contributed by atoms with Gasteiger partial charge in [-0.3, -0.25) is 0 Å². The van der Waals surface area contributed by atoms with Crippen LogP contribution >= 0.6 is 0 Å². The molecule has 3 rings (SSSR count). The van der Waals surface area contributed by atoms with E-state index in [-0.39, 0.29) is 18.4 Å². The van der Waals surface area contributed by atoms with Gasteiger partial charge in [-0.1, -0.05) is 27.7 Å². The second-order valence-electron chi connectivity index (χ2n) is 7.26. The molecule has 0 N–H and O–H groups in total. The van der Waals surface area contributed by atoms with Crippen LogP contribution in [0, 0.1) is 0 Å². The Bertz CT molecular complexity index is 717. The fourth-order valence-corrected chi connectivity index (χ4v) is 2.81. The molecule has 0 unspecified atom stereocenters. The maximum Gasteiger partial charge on any atom is 0.266 e. The molecule has 126 valence electrons. The molecule has 0 amide bonds. The second kappa shape index (κ2) is 5.39. The third-order valence-corrected chi connectivity index (χ3v) is 4.05. The van der Waals surface area contributed by atoms with Crippen molar-refractivity contribution in [2.75, 3.05) is 18.0 Å². The number of hydrogen-bond acceptors (Lipinski definition) is 4. The number of nitrogens with zero attached hydrogens (tertiary/aromatic N) is 5. The predicted molar refractivity (Wildman–Crippen MR) is 86.1 cm³/mol. The van der Waals surface area contributed by atoms with E-state index >= 15 is 0 Å². The Morgan fingerprint density at radius 3 is 2.57 bits per heavy atom. The Morgan fingerprint density at radius 1 is 1.26 bits per heavy atom. The number of alkyl halides is 2. The summed E-state index contributed by atoms with van der Waals surface area (Å²) >= 11 is 0. The van der Waals surface area contributed by atoms with Gasteiger partial charge in [0.15, 0.2) is 17.0 Å². The van der Waals surface area contributed by atoms with E-state index in [1.807, 2.05) is 25.3 Å². The molecule has 1 aliphatic heterocycles. The van der Waals surface area contributed by atoms with E-state index in [1.165, 1.54) is 0 Å². The van der Waals surface area contributed by atoms with E-state index in [4.69, 9.17) is 0 Å². The molecule has 0 aromatic carbocycles. The molecule has 0 atom stereocenters. The first kappa shape index (κ1) is 16.1. The summed E-state index contributed by atoms with van der Waals surface area (Å²) in [4.78, 5) is 15.3. The van der Waals surface area contributed by atoms with Crippen LogP contribution in [0.15, 0.2) is 6.33 Å². The summed E-state index contributed by atoms with van der Waals surface area (Å²) < 4.78 is 29.2. The van der Waals surface area contributed by atoms with Crippen LogP contribution in [-0.2, 0) is 12.0 Å². The first-order chi connectivity index (χ1) is 10.7. The highest BCUT2D eigenvalue weighted by Gasteiger charge is 2.40. The normalized spacial score (nSPS) is 18.1. The highest BCUT2D eigenvalue weighted by Crippen LogP contribution is 2.34. The predicted octanol–water partition coefficient (Wildman–Crippen LogP) is 3.38. The first-order valence-electron chi connectivity index (χ1n) is 8.07. The van der Waals surface area contributed by atoms with Crippen LogP contribution in [0.2, 0.25) is 0 Å². The van der Waals surface area contributed by atoms with Crippen LogP contribution in [0.25, 0.3) is 11.2 Å². The summed E-state index contributed by atoms with van der Waals surface area (Å²) in [6.07, 6.45) is 2.55. The maximum absolute atomic E-state index is 13.6. The Labute approximate surface area is 134 Å². The van der Waals surface area contributed by atoms with E-state index in [0.717, 1.165) is 18.6 Å². The van der Waals surface area contributed by atoms with Gasteiger partial charge in [0, 0.05) is 24.9 Å². The zero-order valence-electron chi connectivity index (χ0n) is 14.1. The van der Waals surface area contributed by atoms with Crippen LogP contribution in [0.1, 0.15) is 46.4 Å². The smallest absolute Gasteiger partial charge is 0.266 e. The van der Waals surface area contributed by atoms with E-state index in [2.05, 4.69) is 21.9 Å². The molecule has 1 fully saturated rings. The summed E-state index contributed by atoms with van der Waals surface area (Å²) in [5.41, 5.74) is 1.09. The minimum Gasteiger partial charge on any atom is -0.348 e. The van der Waals surface area contributed by atoms with Crippen molar-refractivity contribution in [3.8, 4) is 0 Å². The van der Waals surface area contributed by atoms with Crippen molar-refractivity contribution >= 4 is 17.0 Å². The molecular formula is C16H23F2N5. The summed E-state index contributed by atoms with van der Waals surface area (Å²) in [6.45, 7) is 8.95. The fraction of sp³-hybridized carbons (Fsp3) is 0.688. The van der Waals surface area contributed by atoms with Gasteiger partial charge in [-0.25, -0.2) is 23.7 Å². The lowest BCUT2D eigenvalue weighted by Crippen LogP contribution is -2.27. The van der Waals surface area contributed by atoms with Gasteiger partial charge < -0.3 is 9.47 Å². The zero-order valence-corrected chi connectivity index (χ0v) is 14.1. The summed E-state index contributed by atoms with van der Waals surface area (Å²) in [6, 6.07) is 0. The molecule has 1 saturated heterocycles. The number of hydrogen-bond donors (Lipinski definition) is 0. The Kier molecular flexibility index (Phi) is 3.77. The quantitative estimate of drug-likeness (QED) is 0.869. The lowest BCUT2D eigenvalue weighted by molar-refractivity contribution is 0.0257. The standard InChI is InChI=1S/C16H23F2N5/c1-5-7-23-10-19-11-12(22-8-6-16(17,18)9-22)20-14(15(2,3)4)21-13(11)23/h10H,5-9H2,1-4H3. The molecule has 2 aromatic heterocycles. The van der Waals surface area contributed by atoms with Gasteiger partial charge in [-0.05, 0) is 6.42 Å². The number of anilines is 1. The number of imidazole rings is 1. The molecule has 0 saturated carbocycles. The molecule has 0 radical (unpaired) electrons. The van der Waals surface area contributed by atoms with Crippen molar-refractivity contribution in [2.24, 2.45) is 0 Å². The number of rotatable bonds is 3. The number of halogens is 2. The Morgan fingerprint density at radius 2 is 2.00 bits per heavy atom. The SMILES string of the molecule is CCCn1cnc2c(N3CCC(F)(F)C3)nc(C(C)(C)C)nc21. The van der Waals surface area contributed by atoms with Crippen molar-refractivity contribution < 1.29 is 8.78 Å². The van der Waals surface area contributed by atoms with Crippen molar-refractivity contribution in [3.63, 3.8) is 0 Å². The van der Waals surface area contributed by atoms with Crippen LogP contribution in [0.5, 0.6) is 0 Å². The van der Waals surface area contributed by atoms with Gasteiger partial charge >= 0.3 is 0 Å².